The molecule has 0 saturated heterocycles. The molecular weight excluding hydrogens is 306 g/mol. The zero-order valence-electron chi connectivity index (χ0n) is 14.3. The zero-order valence-corrected chi connectivity index (χ0v) is 14.3. The number of ether oxygens (including phenoxy) is 1. The SMILES string of the molecule is CN(C(=O)OC(C)(C)C)[C@@](C)(C[C@H](CCCO)C(=O)O)C(=O)O. The van der Waals surface area contributed by atoms with Gasteiger partial charge >= 0.3 is 18.0 Å². The van der Waals surface area contributed by atoms with E-state index in [0.29, 0.717) is 0 Å². The van der Waals surface area contributed by atoms with Gasteiger partial charge in [0.2, 0.25) is 0 Å². The van der Waals surface area contributed by atoms with E-state index < -0.39 is 35.1 Å². The number of hydrogen-bond donors (Lipinski definition) is 3. The highest BCUT2D eigenvalue weighted by atomic mass is 16.6. The minimum Gasteiger partial charge on any atom is -0.481 e. The van der Waals surface area contributed by atoms with Gasteiger partial charge in [0.1, 0.15) is 11.1 Å². The summed E-state index contributed by atoms with van der Waals surface area (Å²) in [6.45, 7) is 6.05. The lowest BCUT2D eigenvalue weighted by Crippen LogP contribution is -2.55. The van der Waals surface area contributed by atoms with E-state index in [9.17, 15) is 24.6 Å². The van der Waals surface area contributed by atoms with Crippen molar-refractivity contribution in [3.63, 3.8) is 0 Å². The van der Waals surface area contributed by atoms with Crippen LogP contribution in [0.25, 0.3) is 0 Å². The number of aliphatic hydroxyl groups excluding tert-OH is 1. The maximum Gasteiger partial charge on any atom is 0.410 e. The summed E-state index contributed by atoms with van der Waals surface area (Å²) < 4.78 is 5.16. The number of likely N-dealkylation sites (N-methyl/N-ethyl adjacent to an activating group) is 1. The van der Waals surface area contributed by atoms with Gasteiger partial charge in [-0.05, 0) is 47.0 Å². The number of aliphatic carboxylic acids is 2. The van der Waals surface area contributed by atoms with E-state index >= 15 is 0 Å². The number of aliphatic hydroxyl groups is 1. The lowest BCUT2D eigenvalue weighted by molar-refractivity contribution is -0.153. The van der Waals surface area contributed by atoms with Crippen LogP contribution in [0.4, 0.5) is 4.79 Å². The first-order valence-corrected chi connectivity index (χ1v) is 7.39. The third-order valence-corrected chi connectivity index (χ3v) is 3.57. The molecule has 8 nitrogen and oxygen atoms in total. The molecule has 0 aliphatic carbocycles. The molecular formula is C15H27NO7. The standard InChI is InChI=1S/C15H27NO7/c1-14(2,3)23-13(22)16(5)15(4,12(20)21)9-10(11(18)19)7-6-8-17/h10,17H,6-9H2,1-5H3,(H,18,19)(H,20,21)/t10-,15-/m0/s1. The van der Waals surface area contributed by atoms with E-state index in [1.807, 2.05) is 0 Å². The molecule has 0 rings (SSSR count). The summed E-state index contributed by atoms with van der Waals surface area (Å²) in [7, 11) is 1.27. The predicted molar refractivity (Wildman–Crippen MR) is 82.1 cm³/mol. The summed E-state index contributed by atoms with van der Waals surface area (Å²) in [5.41, 5.74) is -2.53. The number of carbonyl (C=O) groups is 3. The van der Waals surface area contributed by atoms with Gasteiger partial charge in [-0.1, -0.05) is 0 Å². The number of hydrogen-bond acceptors (Lipinski definition) is 5. The normalized spacial score (nSPS) is 15.4. The average Bonchev–Trinajstić information content (AvgIpc) is 2.39. The van der Waals surface area contributed by atoms with Crippen molar-refractivity contribution < 1.29 is 34.4 Å². The van der Waals surface area contributed by atoms with Crippen LogP contribution in [-0.2, 0) is 14.3 Å². The second-order valence-corrected chi connectivity index (χ2v) is 6.72. The fraction of sp³-hybridized carbons (Fsp3) is 0.800. The molecule has 0 saturated carbocycles. The molecule has 0 aliphatic rings. The van der Waals surface area contributed by atoms with Crippen molar-refractivity contribution in [3.05, 3.63) is 0 Å². The summed E-state index contributed by atoms with van der Waals surface area (Å²) in [5.74, 6) is -3.47. The smallest absolute Gasteiger partial charge is 0.410 e. The Morgan fingerprint density at radius 3 is 2.00 bits per heavy atom. The van der Waals surface area contributed by atoms with Gasteiger partial charge in [-0.2, -0.15) is 0 Å². The molecule has 0 aromatic heterocycles. The lowest BCUT2D eigenvalue weighted by Gasteiger charge is -2.37. The van der Waals surface area contributed by atoms with Crippen LogP contribution in [0.1, 0.15) is 47.0 Å². The van der Waals surface area contributed by atoms with Crippen LogP contribution in [0, 0.1) is 5.92 Å². The first-order valence-electron chi connectivity index (χ1n) is 7.39. The van der Waals surface area contributed by atoms with E-state index in [1.165, 1.54) is 14.0 Å². The molecule has 0 aliphatic heterocycles. The Bertz CT molecular complexity index is 444. The van der Waals surface area contributed by atoms with Crippen molar-refractivity contribution >= 4 is 18.0 Å². The van der Waals surface area contributed by atoms with Gasteiger partial charge in [0.25, 0.3) is 0 Å². The quantitative estimate of drug-likeness (QED) is 0.615. The highest BCUT2D eigenvalue weighted by Gasteiger charge is 2.44. The summed E-state index contributed by atoms with van der Waals surface area (Å²) in [5, 5.41) is 27.6. The van der Waals surface area contributed by atoms with Gasteiger partial charge in [-0.15, -0.1) is 0 Å². The third-order valence-electron chi connectivity index (χ3n) is 3.57. The van der Waals surface area contributed by atoms with Crippen LogP contribution < -0.4 is 0 Å². The molecule has 0 unspecified atom stereocenters. The molecule has 134 valence electrons. The number of amides is 1. The fourth-order valence-corrected chi connectivity index (χ4v) is 2.03. The number of nitrogens with zero attached hydrogens (tertiary/aromatic N) is 1. The number of carboxylic acids is 2. The molecule has 0 heterocycles. The van der Waals surface area contributed by atoms with Gasteiger partial charge in [-0.25, -0.2) is 9.59 Å². The molecule has 0 fully saturated rings. The maximum absolute atomic E-state index is 12.1. The Labute approximate surface area is 136 Å². The molecule has 0 radical (unpaired) electrons. The summed E-state index contributed by atoms with van der Waals surface area (Å²) in [4.78, 5) is 36.0. The largest absolute Gasteiger partial charge is 0.481 e. The second-order valence-electron chi connectivity index (χ2n) is 6.72. The Kier molecular flexibility index (Phi) is 7.50. The van der Waals surface area contributed by atoms with E-state index in [2.05, 4.69) is 0 Å². The molecule has 0 spiro atoms. The monoisotopic (exact) mass is 333 g/mol. The Hall–Kier alpha value is -1.83. The number of carbonyl (C=O) groups excluding carboxylic acids is 1. The molecule has 8 heteroatoms. The van der Waals surface area contributed by atoms with Crippen LogP contribution in [0.5, 0.6) is 0 Å². The van der Waals surface area contributed by atoms with Crippen LogP contribution in [-0.4, -0.2) is 63.0 Å². The van der Waals surface area contributed by atoms with E-state index in [1.54, 1.807) is 20.8 Å². The molecule has 0 aromatic carbocycles. The van der Waals surface area contributed by atoms with Gasteiger partial charge in [0, 0.05) is 13.7 Å². The van der Waals surface area contributed by atoms with Gasteiger partial charge < -0.3 is 20.1 Å². The number of carboxylic acid groups (broad SMARTS) is 2. The first-order chi connectivity index (χ1) is 10.3. The van der Waals surface area contributed by atoms with E-state index in [0.717, 1.165) is 4.90 Å². The van der Waals surface area contributed by atoms with Crippen molar-refractivity contribution in [1.29, 1.82) is 0 Å². The van der Waals surface area contributed by atoms with Gasteiger partial charge in [-0.3, -0.25) is 9.69 Å². The molecule has 3 N–H and O–H groups in total. The maximum atomic E-state index is 12.1. The minimum absolute atomic E-state index is 0.122. The van der Waals surface area contributed by atoms with Crippen LogP contribution in [0.15, 0.2) is 0 Å². The van der Waals surface area contributed by atoms with Gasteiger partial charge in [0.05, 0.1) is 5.92 Å². The van der Waals surface area contributed by atoms with Crippen molar-refractivity contribution in [3.8, 4) is 0 Å². The fourth-order valence-electron chi connectivity index (χ4n) is 2.03. The van der Waals surface area contributed by atoms with Crippen molar-refractivity contribution in [1.82, 2.24) is 4.90 Å². The Morgan fingerprint density at radius 2 is 1.65 bits per heavy atom. The second kappa shape index (κ2) is 8.14. The highest BCUT2D eigenvalue weighted by molar-refractivity contribution is 5.85. The van der Waals surface area contributed by atoms with Crippen LogP contribution >= 0.6 is 0 Å². The highest BCUT2D eigenvalue weighted by Crippen LogP contribution is 2.28. The predicted octanol–water partition coefficient (Wildman–Crippen LogP) is 1.56. The Morgan fingerprint density at radius 1 is 1.13 bits per heavy atom. The minimum atomic E-state index is -1.74. The summed E-state index contributed by atoms with van der Waals surface area (Å²) in [6.07, 6.45) is -0.763. The van der Waals surface area contributed by atoms with Crippen LogP contribution in [0.3, 0.4) is 0 Å². The number of rotatable bonds is 8. The zero-order chi connectivity index (χ0) is 18.4. The molecule has 0 bridgehead atoms. The van der Waals surface area contributed by atoms with E-state index in [-0.39, 0.29) is 25.9 Å². The molecule has 2 atom stereocenters. The van der Waals surface area contributed by atoms with Crippen molar-refractivity contribution in [2.24, 2.45) is 5.92 Å². The van der Waals surface area contributed by atoms with Gasteiger partial charge in [0.15, 0.2) is 0 Å². The van der Waals surface area contributed by atoms with Crippen molar-refractivity contribution in [2.75, 3.05) is 13.7 Å². The first kappa shape index (κ1) is 21.2. The molecule has 23 heavy (non-hydrogen) atoms. The van der Waals surface area contributed by atoms with E-state index in [4.69, 9.17) is 9.84 Å². The average molecular weight is 333 g/mol. The summed E-state index contributed by atoms with van der Waals surface area (Å²) >= 11 is 0. The van der Waals surface area contributed by atoms with Crippen LogP contribution in [0.2, 0.25) is 0 Å². The summed E-state index contributed by atoms with van der Waals surface area (Å²) in [6, 6.07) is 0. The topological polar surface area (TPSA) is 124 Å². The molecule has 0 aromatic rings. The lowest BCUT2D eigenvalue weighted by atomic mass is 9.85. The Balaban J connectivity index is 5.34. The van der Waals surface area contributed by atoms with Crippen molar-refractivity contribution in [2.45, 2.75) is 58.1 Å². The third kappa shape index (κ3) is 6.43. The molecule has 1 amide bonds.